The van der Waals surface area contributed by atoms with Crippen molar-refractivity contribution in [2.24, 2.45) is 11.7 Å². The van der Waals surface area contributed by atoms with E-state index in [0.29, 0.717) is 90.1 Å². The van der Waals surface area contributed by atoms with Gasteiger partial charge in [0.15, 0.2) is 0 Å². The molecule has 4 amide bonds. The minimum Gasteiger partial charge on any atom is -0.490 e. The predicted molar refractivity (Wildman–Crippen MR) is 219 cm³/mol. The number of halogens is 1. The smallest absolute Gasteiger partial charge is 0.255 e. The average Bonchev–Trinajstić information content (AvgIpc) is 3.54. The number of benzene rings is 2. The van der Waals surface area contributed by atoms with Crippen LogP contribution in [0.3, 0.4) is 0 Å². The third-order valence-corrected chi connectivity index (χ3v) is 13.2. The fraction of sp³-hybridized carbons (Fsp3) is 0.523. The second-order valence-corrected chi connectivity index (χ2v) is 17.3. The number of nitriles is 1. The van der Waals surface area contributed by atoms with Crippen LogP contribution in [0, 0.1) is 17.2 Å². The van der Waals surface area contributed by atoms with Gasteiger partial charge in [-0.15, -0.1) is 0 Å². The van der Waals surface area contributed by atoms with Crippen LogP contribution >= 0.6 is 11.6 Å². The highest BCUT2D eigenvalue weighted by atomic mass is 35.5. The Balaban J connectivity index is 0.813. The van der Waals surface area contributed by atoms with Crippen LogP contribution in [0.2, 0.25) is 5.02 Å². The molecule has 3 aromatic rings. The van der Waals surface area contributed by atoms with Gasteiger partial charge in [-0.05, 0) is 101 Å². The second kappa shape index (κ2) is 17.1. The van der Waals surface area contributed by atoms with Crippen LogP contribution < -0.4 is 20.1 Å². The van der Waals surface area contributed by atoms with Crippen LogP contribution in [0.1, 0.15) is 110 Å². The predicted octanol–water partition coefficient (Wildman–Crippen LogP) is 5.50. The zero-order valence-corrected chi connectivity index (χ0v) is 34.4. The molecule has 0 spiro atoms. The lowest BCUT2D eigenvalue weighted by Crippen LogP contribution is -2.58. The zero-order valence-electron chi connectivity index (χ0n) is 33.6. The molecule has 15 heteroatoms. The number of hydrogen-bond donors (Lipinski definition) is 1. The van der Waals surface area contributed by atoms with Crippen molar-refractivity contribution in [2.45, 2.75) is 121 Å². The van der Waals surface area contributed by atoms with Crippen molar-refractivity contribution in [3.05, 3.63) is 76.1 Å². The van der Waals surface area contributed by atoms with Crippen LogP contribution in [0.25, 0.3) is 0 Å². The number of ether oxygens (including phenoxy) is 2. The second-order valence-electron chi connectivity index (χ2n) is 16.9. The molecular weight excluding hydrogens is 772 g/mol. The third-order valence-electron chi connectivity index (χ3n) is 12.9. The van der Waals surface area contributed by atoms with Crippen molar-refractivity contribution >= 4 is 41.2 Å². The molecule has 59 heavy (non-hydrogen) atoms. The van der Waals surface area contributed by atoms with Crippen LogP contribution in [0.4, 0.5) is 5.95 Å². The number of amides is 4. The molecule has 14 nitrogen and oxygen atoms in total. The van der Waals surface area contributed by atoms with E-state index in [4.69, 9.17) is 32.1 Å². The Morgan fingerprint density at radius 2 is 1.63 bits per heavy atom. The van der Waals surface area contributed by atoms with Crippen LogP contribution in [-0.4, -0.2) is 104 Å². The Labute approximate surface area is 349 Å². The van der Waals surface area contributed by atoms with E-state index in [-0.39, 0.29) is 42.4 Å². The number of carbonyl (C=O) groups is 4. The SMILES string of the molecule is CC(C)N(CC1CCN(c2ncc(C(N)=O)cn2)CC1)C1CC(Oc2ccc3c(c2)CN(C2CCC(=O)N(C4CCC(Oc5ccc(C#N)c(Cl)c5)CC4)C2=O)C3=O)C1. The van der Waals surface area contributed by atoms with Crippen molar-refractivity contribution in [2.75, 3.05) is 24.5 Å². The largest absolute Gasteiger partial charge is 0.490 e. The highest BCUT2D eigenvalue weighted by Gasteiger charge is 2.46. The average molecular weight is 823 g/mol. The Morgan fingerprint density at radius 3 is 2.29 bits per heavy atom. The summed E-state index contributed by atoms with van der Waals surface area (Å²) in [7, 11) is 0. The highest BCUT2D eigenvalue weighted by Crippen LogP contribution is 2.37. The number of nitrogens with zero attached hydrogens (tertiary/aromatic N) is 7. The summed E-state index contributed by atoms with van der Waals surface area (Å²) in [5.41, 5.74) is 7.44. The summed E-state index contributed by atoms with van der Waals surface area (Å²) >= 11 is 6.19. The molecule has 4 heterocycles. The molecule has 1 unspecified atom stereocenters. The van der Waals surface area contributed by atoms with Gasteiger partial charge < -0.3 is 25.0 Å². The van der Waals surface area contributed by atoms with Gasteiger partial charge >= 0.3 is 0 Å². The minimum atomic E-state index is -0.698. The van der Waals surface area contributed by atoms with Crippen molar-refractivity contribution in [1.82, 2.24) is 24.7 Å². The Bertz CT molecular complexity index is 2120. The van der Waals surface area contributed by atoms with E-state index in [0.717, 1.165) is 56.6 Å². The molecule has 2 saturated heterocycles. The lowest BCUT2D eigenvalue weighted by molar-refractivity contribution is -0.156. The number of rotatable bonds is 12. The molecule has 5 aliphatic rings. The van der Waals surface area contributed by atoms with Gasteiger partial charge in [-0.2, -0.15) is 5.26 Å². The fourth-order valence-electron chi connectivity index (χ4n) is 9.48. The monoisotopic (exact) mass is 822 g/mol. The standard InChI is InChI=1S/C44H51ClN8O6/c1-26(2)51(24-27-13-15-50(16-14-27)44-48-22-30(23-49-44)41(47)55)32-18-36(19-32)59-34-9-10-37-29(17-34)25-52(42(37)56)39-11-12-40(54)53(43(39)57)31-4-7-33(8-5-31)58-35-6-3-28(21-46)38(45)20-35/h3,6,9-10,17,20,22-23,26-27,31-33,36,39H,4-5,7-8,11-16,18-19,24-25H2,1-2H3,(H2,47,55). The molecule has 3 aliphatic heterocycles. The maximum Gasteiger partial charge on any atom is 0.255 e. The summed E-state index contributed by atoms with van der Waals surface area (Å²) in [6.45, 7) is 7.56. The number of carbonyl (C=O) groups excluding carboxylic acids is 4. The van der Waals surface area contributed by atoms with Crippen molar-refractivity contribution in [3.8, 4) is 17.6 Å². The molecule has 8 rings (SSSR count). The number of piperidine rings is 2. The van der Waals surface area contributed by atoms with E-state index in [9.17, 15) is 19.2 Å². The van der Waals surface area contributed by atoms with E-state index in [2.05, 4.69) is 33.6 Å². The number of nitrogens with two attached hydrogens (primary N) is 1. The first-order valence-corrected chi connectivity index (χ1v) is 21.3. The lowest BCUT2D eigenvalue weighted by atomic mass is 9.85. The fourth-order valence-corrected chi connectivity index (χ4v) is 9.70. The molecule has 0 bridgehead atoms. The summed E-state index contributed by atoms with van der Waals surface area (Å²) < 4.78 is 12.6. The first-order chi connectivity index (χ1) is 28.4. The zero-order chi connectivity index (χ0) is 41.4. The Morgan fingerprint density at radius 1 is 0.949 bits per heavy atom. The molecule has 310 valence electrons. The molecule has 2 aliphatic carbocycles. The molecule has 0 radical (unpaired) electrons. The number of anilines is 1. The summed E-state index contributed by atoms with van der Waals surface area (Å²) in [4.78, 5) is 68.8. The van der Waals surface area contributed by atoms with Gasteiger partial charge in [0.1, 0.15) is 29.7 Å². The lowest BCUT2D eigenvalue weighted by Gasteiger charge is -2.46. The Kier molecular flexibility index (Phi) is 11.8. The molecule has 1 atom stereocenters. The molecule has 2 N–H and O–H groups in total. The summed E-state index contributed by atoms with van der Waals surface area (Å²) in [6, 6.07) is 12.5. The number of aromatic nitrogens is 2. The summed E-state index contributed by atoms with van der Waals surface area (Å²) in [6.07, 6.45) is 9.95. The first-order valence-electron chi connectivity index (χ1n) is 20.9. The Hall–Kier alpha value is -5.26. The van der Waals surface area contributed by atoms with Gasteiger partial charge in [0.2, 0.25) is 11.9 Å². The van der Waals surface area contributed by atoms with E-state index >= 15 is 0 Å². The number of fused-ring (bicyclic) bond motifs is 1. The topological polar surface area (TPSA) is 175 Å². The van der Waals surface area contributed by atoms with Crippen molar-refractivity contribution in [1.29, 1.82) is 5.26 Å². The maximum absolute atomic E-state index is 14.0. The van der Waals surface area contributed by atoms with Crippen molar-refractivity contribution in [3.63, 3.8) is 0 Å². The third kappa shape index (κ3) is 8.59. The van der Waals surface area contributed by atoms with Gasteiger partial charge in [-0.3, -0.25) is 29.0 Å². The van der Waals surface area contributed by atoms with Crippen LogP contribution in [-0.2, 0) is 16.1 Å². The van der Waals surface area contributed by atoms with Gasteiger partial charge in [0.25, 0.3) is 17.7 Å². The quantitative estimate of drug-likeness (QED) is 0.229. The molecular formula is C44H51ClN8O6. The number of hydrogen-bond acceptors (Lipinski definition) is 11. The van der Waals surface area contributed by atoms with Gasteiger partial charge in [-0.25, -0.2) is 9.97 Å². The number of likely N-dealkylation sites (tertiary alicyclic amines) is 1. The van der Waals surface area contributed by atoms with Crippen LogP contribution in [0.5, 0.6) is 11.5 Å². The van der Waals surface area contributed by atoms with E-state index in [1.165, 1.54) is 17.3 Å². The van der Waals surface area contributed by atoms with E-state index in [1.807, 2.05) is 24.3 Å². The first kappa shape index (κ1) is 40.5. The van der Waals surface area contributed by atoms with E-state index < -0.39 is 11.9 Å². The van der Waals surface area contributed by atoms with Crippen molar-refractivity contribution < 1.29 is 28.7 Å². The van der Waals surface area contributed by atoms with Gasteiger partial charge in [0.05, 0.1) is 22.3 Å². The highest BCUT2D eigenvalue weighted by molar-refractivity contribution is 6.31. The minimum absolute atomic E-state index is 0.0803. The van der Waals surface area contributed by atoms with Gasteiger partial charge in [-0.1, -0.05) is 11.6 Å². The number of primary amides is 1. The number of imide groups is 1. The summed E-state index contributed by atoms with van der Waals surface area (Å²) in [5, 5.41) is 9.50. The normalized spacial score (nSPS) is 24.9. The maximum atomic E-state index is 14.0. The van der Waals surface area contributed by atoms with Gasteiger partial charge in [0, 0.05) is 87.6 Å². The molecule has 4 fully saturated rings. The van der Waals surface area contributed by atoms with E-state index in [1.54, 1.807) is 23.1 Å². The molecule has 2 aromatic carbocycles. The van der Waals surface area contributed by atoms with Crippen LogP contribution in [0.15, 0.2) is 48.8 Å². The molecule has 1 aromatic heterocycles. The molecule has 2 saturated carbocycles. The summed E-state index contributed by atoms with van der Waals surface area (Å²) in [5.74, 6) is 1.31.